The van der Waals surface area contributed by atoms with Gasteiger partial charge in [0.05, 0.1) is 17.7 Å². The molecular weight excluding hydrogens is 395 g/mol. The van der Waals surface area contributed by atoms with Crippen molar-refractivity contribution >= 4 is 16.8 Å². The van der Waals surface area contributed by atoms with Crippen LogP contribution in [0.15, 0.2) is 24.4 Å². The lowest BCUT2D eigenvalue weighted by molar-refractivity contribution is -0.136. The van der Waals surface area contributed by atoms with E-state index in [1.54, 1.807) is 4.57 Å². The van der Waals surface area contributed by atoms with Gasteiger partial charge in [0, 0.05) is 50.1 Å². The van der Waals surface area contributed by atoms with Gasteiger partial charge in [-0.2, -0.15) is 13.2 Å². The number of alkyl halides is 5. The van der Waals surface area contributed by atoms with E-state index in [2.05, 4.69) is 5.32 Å². The minimum atomic E-state index is -4.61. The molecule has 1 amide bonds. The Morgan fingerprint density at radius 2 is 1.97 bits per heavy atom. The third-order valence-electron chi connectivity index (χ3n) is 5.38. The second-order valence-electron chi connectivity index (χ2n) is 7.44. The van der Waals surface area contributed by atoms with E-state index in [-0.39, 0.29) is 55.7 Å². The van der Waals surface area contributed by atoms with E-state index < -0.39 is 23.6 Å². The highest BCUT2D eigenvalue weighted by molar-refractivity contribution is 6.08. The molecule has 4 nitrogen and oxygen atoms in total. The van der Waals surface area contributed by atoms with Crippen molar-refractivity contribution in [3.05, 3.63) is 35.5 Å². The maximum Gasteiger partial charge on any atom is 0.417 e. The van der Waals surface area contributed by atoms with Crippen molar-refractivity contribution in [3.8, 4) is 0 Å². The number of rotatable bonds is 6. The quantitative estimate of drug-likeness (QED) is 0.681. The van der Waals surface area contributed by atoms with Crippen LogP contribution in [-0.4, -0.2) is 36.7 Å². The number of ether oxygens (including phenoxy) is 1. The van der Waals surface area contributed by atoms with Crippen molar-refractivity contribution in [1.82, 2.24) is 9.88 Å². The van der Waals surface area contributed by atoms with Gasteiger partial charge in [-0.25, -0.2) is 8.78 Å². The zero-order valence-electron chi connectivity index (χ0n) is 16.0. The molecule has 0 unspecified atom stereocenters. The van der Waals surface area contributed by atoms with Crippen molar-refractivity contribution in [2.75, 3.05) is 20.3 Å². The van der Waals surface area contributed by atoms with Gasteiger partial charge >= 0.3 is 6.18 Å². The third kappa shape index (κ3) is 4.88. The molecular formula is C20H23F5N2O2. The highest BCUT2D eigenvalue weighted by Crippen LogP contribution is 2.38. The predicted molar refractivity (Wildman–Crippen MR) is 98.1 cm³/mol. The van der Waals surface area contributed by atoms with Crippen LogP contribution in [0.3, 0.4) is 0 Å². The number of aromatic nitrogens is 1. The third-order valence-corrected chi connectivity index (χ3v) is 5.38. The molecule has 3 rings (SSSR count). The van der Waals surface area contributed by atoms with Crippen molar-refractivity contribution in [3.63, 3.8) is 0 Å². The van der Waals surface area contributed by atoms with Crippen LogP contribution in [0, 0.1) is 5.92 Å². The molecule has 1 N–H and O–H groups in total. The van der Waals surface area contributed by atoms with Gasteiger partial charge < -0.3 is 14.6 Å². The first-order chi connectivity index (χ1) is 13.6. The van der Waals surface area contributed by atoms with E-state index in [0.717, 1.165) is 6.07 Å². The summed E-state index contributed by atoms with van der Waals surface area (Å²) in [5.41, 5.74) is -0.668. The topological polar surface area (TPSA) is 43.3 Å². The molecule has 160 valence electrons. The molecule has 1 aromatic heterocycles. The normalized spacial score (nSPS) is 17.6. The standard InChI is InChI=1S/C20H23F5N2O2/c1-29-10-9-27-12-14(17-15(20(23,24)25)3-2-4-16(17)27)18(28)26-11-13-5-7-19(21,22)8-6-13/h2-4,12-13H,5-11H2,1H3,(H,26,28). The number of nitrogens with one attached hydrogen (secondary N) is 1. The molecule has 1 heterocycles. The average Bonchev–Trinajstić information content (AvgIpc) is 3.03. The summed E-state index contributed by atoms with van der Waals surface area (Å²) < 4.78 is 73.7. The second-order valence-corrected chi connectivity index (χ2v) is 7.44. The lowest BCUT2D eigenvalue weighted by Gasteiger charge is -2.28. The molecule has 1 fully saturated rings. The van der Waals surface area contributed by atoms with Crippen molar-refractivity contribution in [1.29, 1.82) is 0 Å². The van der Waals surface area contributed by atoms with Crippen LogP contribution in [-0.2, 0) is 17.5 Å². The summed E-state index contributed by atoms with van der Waals surface area (Å²) in [4.78, 5) is 12.7. The van der Waals surface area contributed by atoms with Crippen LogP contribution in [0.1, 0.15) is 41.6 Å². The Kier molecular flexibility index (Phi) is 6.16. The number of carbonyl (C=O) groups excluding carboxylic acids is 1. The molecule has 0 bridgehead atoms. The Balaban J connectivity index is 1.86. The zero-order valence-corrected chi connectivity index (χ0v) is 16.0. The number of halogens is 5. The predicted octanol–water partition coefficient (Wildman–Crippen LogP) is 4.86. The first-order valence-electron chi connectivity index (χ1n) is 9.46. The average molecular weight is 418 g/mol. The Labute approximate surface area is 165 Å². The lowest BCUT2D eigenvalue weighted by atomic mass is 9.87. The van der Waals surface area contributed by atoms with Crippen molar-refractivity contribution < 1.29 is 31.5 Å². The van der Waals surface area contributed by atoms with Crippen LogP contribution in [0.4, 0.5) is 22.0 Å². The van der Waals surface area contributed by atoms with Crippen LogP contribution in [0.2, 0.25) is 0 Å². The van der Waals surface area contributed by atoms with Crippen LogP contribution < -0.4 is 5.32 Å². The monoisotopic (exact) mass is 418 g/mol. The smallest absolute Gasteiger partial charge is 0.383 e. The molecule has 0 saturated heterocycles. The number of benzene rings is 1. The molecule has 1 saturated carbocycles. The maximum atomic E-state index is 13.5. The van der Waals surface area contributed by atoms with E-state index in [4.69, 9.17) is 4.74 Å². The zero-order chi connectivity index (χ0) is 21.2. The summed E-state index contributed by atoms with van der Waals surface area (Å²) >= 11 is 0. The van der Waals surface area contributed by atoms with Crippen molar-refractivity contribution in [2.45, 2.75) is 44.3 Å². The summed E-state index contributed by atoms with van der Waals surface area (Å²) in [6.45, 7) is 0.727. The lowest BCUT2D eigenvalue weighted by Crippen LogP contribution is -2.33. The Morgan fingerprint density at radius 3 is 2.59 bits per heavy atom. The van der Waals surface area contributed by atoms with E-state index in [0.29, 0.717) is 12.1 Å². The molecule has 2 aromatic rings. The highest BCUT2D eigenvalue weighted by Gasteiger charge is 2.36. The number of hydrogen-bond acceptors (Lipinski definition) is 2. The van der Waals surface area contributed by atoms with Gasteiger partial charge in [0.15, 0.2) is 0 Å². The van der Waals surface area contributed by atoms with Gasteiger partial charge in [-0.3, -0.25) is 4.79 Å². The molecule has 1 aromatic carbocycles. The van der Waals surface area contributed by atoms with Gasteiger partial charge in [0.1, 0.15) is 0 Å². The molecule has 0 atom stereocenters. The fourth-order valence-corrected chi connectivity index (χ4v) is 3.77. The van der Waals surface area contributed by atoms with Gasteiger partial charge in [-0.15, -0.1) is 0 Å². The van der Waals surface area contributed by atoms with E-state index in [1.165, 1.54) is 25.4 Å². The Morgan fingerprint density at radius 1 is 1.28 bits per heavy atom. The Hall–Kier alpha value is -2.16. The van der Waals surface area contributed by atoms with Crippen molar-refractivity contribution in [2.24, 2.45) is 5.92 Å². The summed E-state index contributed by atoms with van der Waals surface area (Å²) in [5, 5.41) is 2.48. The van der Waals surface area contributed by atoms with Gasteiger partial charge in [-0.1, -0.05) is 6.07 Å². The summed E-state index contributed by atoms with van der Waals surface area (Å²) in [7, 11) is 1.48. The number of methoxy groups -OCH3 is 1. The summed E-state index contributed by atoms with van der Waals surface area (Å²) in [5.74, 6) is -3.42. The highest BCUT2D eigenvalue weighted by atomic mass is 19.4. The first kappa shape index (κ1) is 21.5. The van der Waals surface area contributed by atoms with E-state index in [9.17, 15) is 26.7 Å². The molecule has 0 aliphatic heterocycles. The van der Waals surface area contributed by atoms with Crippen LogP contribution in [0.25, 0.3) is 10.9 Å². The van der Waals surface area contributed by atoms with Gasteiger partial charge in [0.25, 0.3) is 5.91 Å². The minimum Gasteiger partial charge on any atom is -0.383 e. The van der Waals surface area contributed by atoms with E-state index in [1.807, 2.05) is 0 Å². The molecule has 0 radical (unpaired) electrons. The molecule has 0 spiro atoms. The van der Waals surface area contributed by atoms with Crippen LogP contribution in [0.5, 0.6) is 0 Å². The second kappa shape index (κ2) is 8.30. The molecule has 29 heavy (non-hydrogen) atoms. The molecule has 9 heteroatoms. The molecule has 1 aliphatic carbocycles. The SMILES string of the molecule is COCCn1cc(C(=O)NCC2CCC(F)(F)CC2)c2c(C(F)(F)F)cccc21. The summed E-state index contributed by atoms with van der Waals surface area (Å²) in [6.07, 6.45) is -3.14. The fraction of sp³-hybridized carbons (Fsp3) is 0.550. The van der Waals surface area contributed by atoms with E-state index >= 15 is 0 Å². The number of hydrogen-bond donors (Lipinski definition) is 1. The minimum absolute atomic E-state index is 0.0785. The first-order valence-corrected chi connectivity index (χ1v) is 9.46. The number of nitrogens with zero attached hydrogens (tertiary/aromatic N) is 1. The molecule has 1 aliphatic rings. The summed E-state index contributed by atoms with van der Waals surface area (Å²) in [6, 6.07) is 3.78. The fourth-order valence-electron chi connectivity index (χ4n) is 3.77. The Bertz CT molecular complexity index is 866. The number of fused-ring (bicyclic) bond motifs is 1. The largest absolute Gasteiger partial charge is 0.417 e. The maximum absolute atomic E-state index is 13.5. The number of amides is 1. The number of carbonyl (C=O) groups is 1. The van der Waals surface area contributed by atoms with Crippen LogP contribution >= 0.6 is 0 Å². The van der Waals surface area contributed by atoms with Gasteiger partial charge in [-0.05, 0) is 30.9 Å². The van der Waals surface area contributed by atoms with Gasteiger partial charge in [0.2, 0.25) is 5.92 Å².